The number of rotatable bonds is 7. The summed E-state index contributed by atoms with van der Waals surface area (Å²) in [5.41, 5.74) is 3.67. The van der Waals surface area contributed by atoms with Crippen LogP contribution in [0.25, 0.3) is 6.08 Å². The summed E-state index contributed by atoms with van der Waals surface area (Å²) >= 11 is 0. The van der Waals surface area contributed by atoms with E-state index in [1.165, 1.54) is 24.0 Å². The molecule has 2 heterocycles. The molecular formula is C24H30N2O3. The molecule has 5 heteroatoms. The van der Waals surface area contributed by atoms with Crippen molar-refractivity contribution in [1.29, 1.82) is 0 Å². The normalized spacial score (nSPS) is 19.1. The third kappa shape index (κ3) is 5.11. The number of hydrogen-bond donors (Lipinski definition) is 1. The molecule has 2 aromatic rings. The number of fused-ring (bicyclic) bond motifs is 1. The molecule has 0 aliphatic carbocycles. The van der Waals surface area contributed by atoms with Crippen LogP contribution in [0.5, 0.6) is 17.2 Å². The molecule has 0 amide bonds. The Morgan fingerprint density at radius 1 is 1.10 bits per heavy atom. The molecule has 1 N–H and O–H groups in total. The Kier molecular flexibility index (Phi) is 6.37. The highest BCUT2D eigenvalue weighted by Crippen LogP contribution is 2.29. The van der Waals surface area contributed by atoms with E-state index < -0.39 is 0 Å². The van der Waals surface area contributed by atoms with E-state index in [4.69, 9.17) is 14.2 Å². The van der Waals surface area contributed by atoms with Crippen molar-refractivity contribution < 1.29 is 14.2 Å². The quantitative estimate of drug-likeness (QED) is 0.775. The molecule has 2 aliphatic rings. The summed E-state index contributed by atoms with van der Waals surface area (Å²) in [4.78, 5) is 2.53. The Morgan fingerprint density at radius 2 is 1.97 bits per heavy atom. The number of piperidine rings is 1. The fraction of sp³-hybridized carbons (Fsp3) is 0.417. The van der Waals surface area contributed by atoms with Crippen LogP contribution in [-0.4, -0.2) is 51.4 Å². The lowest BCUT2D eigenvalue weighted by Crippen LogP contribution is -2.46. The summed E-state index contributed by atoms with van der Waals surface area (Å²) in [7, 11) is 3.41. The van der Waals surface area contributed by atoms with E-state index in [1.54, 1.807) is 14.2 Å². The van der Waals surface area contributed by atoms with Gasteiger partial charge in [0.1, 0.15) is 23.9 Å². The predicted octanol–water partition coefficient (Wildman–Crippen LogP) is 3.73. The van der Waals surface area contributed by atoms with Crippen molar-refractivity contribution in [3.8, 4) is 17.2 Å². The maximum atomic E-state index is 5.91. The van der Waals surface area contributed by atoms with Crippen LogP contribution < -0.4 is 19.5 Å². The molecule has 1 saturated heterocycles. The fourth-order valence-electron chi connectivity index (χ4n) is 4.10. The summed E-state index contributed by atoms with van der Waals surface area (Å²) in [6, 6.07) is 14.8. The Balaban J connectivity index is 1.32. The van der Waals surface area contributed by atoms with Gasteiger partial charge in [-0.1, -0.05) is 12.1 Å². The van der Waals surface area contributed by atoms with E-state index in [9.17, 15) is 0 Å². The Hall–Kier alpha value is -2.50. The molecule has 154 valence electrons. The second-order valence-corrected chi connectivity index (χ2v) is 7.80. The van der Waals surface area contributed by atoms with Crippen LogP contribution >= 0.6 is 0 Å². The zero-order chi connectivity index (χ0) is 20.1. The lowest BCUT2D eigenvalue weighted by atomic mass is 10.0. The van der Waals surface area contributed by atoms with Gasteiger partial charge < -0.3 is 19.5 Å². The van der Waals surface area contributed by atoms with Gasteiger partial charge in [0.15, 0.2) is 0 Å². The molecule has 0 spiro atoms. The minimum atomic E-state index is 0.502. The molecule has 2 aromatic carbocycles. The highest BCUT2D eigenvalue weighted by molar-refractivity contribution is 5.64. The van der Waals surface area contributed by atoms with Gasteiger partial charge in [0, 0.05) is 31.2 Å². The molecule has 29 heavy (non-hydrogen) atoms. The highest BCUT2D eigenvalue weighted by atomic mass is 16.5. The van der Waals surface area contributed by atoms with E-state index in [0.29, 0.717) is 12.6 Å². The second kappa shape index (κ2) is 9.33. The van der Waals surface area contributed by atoms with E-state index in [1.807, 2.05) is 24.3 Å². The lowest BCUT2D eigenvalue weighted by molar-refractivity contribution is 0.184. The zero-order valence-corrected chi connectivity index (χ0v) is 17.3. The largest absolute Gasteiger partial charge is 0.497 e. The average Bonchev–Trinajstić information content (AvgIpc) is 2.77. The van der Waals surface area contributed by atoms with Crippen molar-refractivity contribution in [3.05, 3.63) is 59.2 Å². The molecule has 1 unspecified atom stereocenters. The van der Waals surface area contributed by atoms with Crippen molar-refractivity contribution in [3.63, 3.8) is 0 Å². The Bertz CT molecular complexity index is 865. The van der Waals surface area contributed by atoms with Gasteiger partial charge in [0.05, 0.1) is 14.2 Å². The molecule has 0 aromatic heterocycles. The standard InChI is InChI=1S/C24H30N2O3/c1-27-22-7-3-5-18(12-22)15-26-10-4-6-21(16-26)25-14-19-11-20-13-23(28-2)8-9-24(20)29-17-19/h3,5,7-9,11-13,21,25H,4,6,10,14-17H2,1-2H3. The molecule has 1 fully saturated rings. The Labute approximate surface area is 173 Å². The highest BCUT2D eigenvalue weighted by Gasteiger charge is 2.21. The predicted molar refractivity (Wildman–Crippen MR) is 116 cm³/mol. The van der Waals surface area contributed by atoms with Crippen LogP contribution in [0.3, 0.4) is 0 Å². The van der Waals surface area contributed by atoms with Crippen LogP contribution in [0, 0.1) is 0 Å². The number of benzene rings is 2. The summed E-state index contributed by atoms with van der Waals surface area (Å²) in [6.07, 6.45) is 4.66. The molecule has 0 radical (unpaired) electrons. The molecule has 2 aliphatic heterocycles. The van der Waals surface area contributed by atoms with Crippen molar-refractivity contribution >= 4 is 6.08 Å². The first-order chi connectivity index (χ1) is 14.2. The van der Waals surface area contributed by atoms with Gasteiger partial charge in [-0.3, -0.25) is 4.90 Å². The number of methoxy groups -OCH3 is 2. The van der Waals surface area contributed by atoms with Crippen molar-refractivity contribution in [2.75, 3.05) is 40.5 Å². The van der Waals surface area contributed by atoms with Gasteiger partial charge in [-0.25, -0.2) is 0 Å². The molecule has 4 rings (SSSR count). The average molecular weight is 395 g/mol. The minimum absolute atomic E-state index is 0.502. The minimum Gasteiger partial charge on any atom is -0.497 e. The molecule has 0 saturated carbocycles. The van der Waals surface area contributed by atoms with Crippen LogP contribution in [0.4, 0.5) is 0 Å². The smallest absolute Gasteiger partial charge is 0.127 e. The fourth-order valence-corrected chi connectivity index (χ4v) is 4.10. The first-order valence-corrected chi connectivity index (χ1v) is 10.3. The van der Waals surface area contributed by atoms with E-state index in [-0.39, 0.29) is 0 Å². The molecular weight excluding hydrogens is 364 g/mol. The van der Waals surface area contributed by atoms with Crippen LogP contribution in [-0.2, 0) is 6.54 Å². The van der Waals surface area contributed by atoms with E-state index in [0.717, 1.165) is 49.0 Å². The van der Waals surface area contributed by atoms with Crippen molar-refractivity contribution in [2.24, 2.45) is 0 Å². The molecule has 1 atom stereocenters. The molecule has 0 bridgehead atoms. The number of hydrogen-bond acceptors (Lipinski definition) is 5. The third-order valence-corrected chi connectivity index (χ3v) is 5.65. The van der Waals surface area contributed by atoms with Crippen LogP contribution in [0.1, 0.15) is 24.0 Å². The summed E-state index contributed by atoms with van der Waals surface area (Å²) in [5.74, 6) is 2.71. The van der Waals surface area contributed by atoms with Gasteiger partial charge in [0.25, 0.3) is 0 Å². The maximum absolute atomic E-state index is 5.91. The lowest BCUT2D eigenvalue weighted by Gasteiger charge is -2.33. The SMILES string of the molecule is COc1cccc(CN2CCCC(NCC3=Cc4cc(OC)ccc4OC3)C2)c1. The Morgan fingerprint density at radius 3 is 2.83 bits per heavy atom. The van der Waals surface area contributed by atoms with E-state index >= 15 is 0 Å². The zero-order valence-electron chi connectivity index (χ0n) is 17.3. The van der Waals surface area contributed by atoms with Gasteiger partial charge in [-0.15, -0.1) is 0 Å². The number of nitrogens with one attached hydrogen (secondary N) is 1. The number of likely N-dealkylation sites (tertiary alicyclic amines) is 1. The summed E-state index contributed by atoms with van der Waals surface area (Å²) in [5, 5.41) is 3.74. The monoisotopic (exact) mass is 394 g/mol. The number of nitrogens with zero attached hydrogens (tertiary/aromatic N) is 1. The second-order valence-electron chi connectivity index (χ2n) is 7.80. The van der Waals surface area contributed by atoms with Crippen molar-refractivity contribution in [2.45, 2.75) is 25.4 Å². The van der Waals surface area contributed by atoms with Crippen LogP contribution in [0.2, 0.25) is 0 Å². The van der Waals surface area contributed by atoms with Gasteiger partial charge >= 0.3 is 0 Å². The topological polar surface area (TPSA) is 43.0 Å². The first-order valence-electron chi connectivity index (χ1n) is 10.3. The molecule has 5 nitrogen and oxygen atoms in total. The summed E-state index contributed by atoms with van der Waals surface area (Å²) in [6.45, 7) is 4.68. The first kappa shape index (κ1) is 19.8. The number of ether oxygens (including phenoxy) is 3. The van der Waals surface area contributed by atoms with E-state index in [2.05, 4.69) is 34.5 Å². The van der Waals surface area contributed by atoms with Gasteiger partial charge in [-0.2, -0.15) is 0 Å². The maximum Gasteiger partial charge on any atom is 0.127 e. The van der Waals surface area contributed by atoms with Crippen molar-refractivity contribution in [1.82, 2.24) is 10.2 Å². The van der Waals surface area contributed by atoms with Gasteiger partial charge in [-0.05, 0) is 66.9 Å². The van der Waals surface area contributed by atoms with Gasteiger partial charge in [0.2, 0.25) is 0 Å². The third-order valence-electron chi connectivity index (χ3n) is 5.65. The van der Waals surface area contributed by atoms with Crippen LogP contribution in [0.15, 0.2) is 48.0 Å². The summed E-state index contributed by atoms with van der Waals surface area (Å²) < 4.78 is 16.6.